The van der Waals surface area contributed by atoms with E-state index >= 15 is 0 Å². The molecule has 0 aliphatic carbocycles. The fourth-order valence-electron chi connectivity index (χ4n) is 2.36. The number of rotatable bonds is 4. The van der Waals surface area contributed by atoms with E-state index in [2.05, 4.69) is 9.97 Å². The van der Waals surface area contributed by atoms with E-state index in [0.29, 0.717) is 22.3 Å². The second kappa shape index (κ2) is 8.90. The summed E-state index contributed by atoms with van der Waals surface area (Å²) in [6.45, 7) is 1.90. The molecule has 0 fully saturated rings. The minimum atomic E-state index is -3.65. The molecule has 1 heterocycles. The van der Waals surface area contributed by atoms with Crippen LogP contribution in [0.5, 0.6) is 0 Å². The molecule has 3 rings (SSSR count). The molecular weight excluding hydrogens is 390 g/mol. The third kappa shape index (κ3) is 5.46. The van der Waals surface area contributed by atoms with E-state index in [9.17, 15) is 18.0 Å². The van der Waals surface area contributed by atoms with Gasteiger partial charge >= 0.3 is 0 Å². The number of fused-ring (bicyclic) bond motifs is 1. The summed E-state index contributed by atoms with van der Waals surface area (Å²) in [5.41, 5.74) is 1.30. The first kappa shape index (κ1) is 20.8. The van der Waals surface area contributed by atoms with E-state index in [1.165, 1.54) is 18.5 Å². The van der Waals surface area contributed by atoms with E-state index in [1.807, 2.05) is 6.92 Å². The molecule has 0 saturated heterocycles. The third-order valence-corrected chi connectivity index (χ3v) is 5.01. The molecule has 0 bridgehead atoms. The topological polar surface area (TPSA) is 123 Å². The van der Waals surface area contributed by atoms with Crippen LogP contribution < -0.4 is 10.7 Å². The summed E-state index contributed by atoms with van der Waals surface area (Å²) in [6, 6.07) is 11.1. The molecule has 0 aliphatic heterocycles. The number of hydrogen-bond acceptors (Lipinski definition) is 5. The first-order valence-corrected chi connectivity index (χ1v) is 9.89. The molecule has 0 radical (unpaired) electrons. The standard InChI is InChI=1S/C10H13NO3S.C8H5ClN2O/c1-2-8(7-12)9-3-5-10(6-4-9)15(11,13)14;9-5-1-2-7-6(3-5)8(12)11-4-10-7/h3-8H,2H2,1H3,(H2,11,13,14);1-4H,(H,10,11,12). The van der Waals surface area contributed by atoms with E-state index in [0.717, 1.165) is 11.8 Å². The van der Waals surface area contributed by atoms with Gasteiger partial charge in [0, 0.05) is 10.9 Å². The summed E-state index contributed by atoms with van der Waals surface area (Å²) >= 11 is 5.71. The number of sulfonamides is 1. The van der Waals surface area contributed by atoms with Gasteiger partial charge < -0.3 is 9.78 Å². The van der Waals surface area contributed by atoms with Gasteiger partial charge in [0.25, 0.3) is 5.56 Å². The Morgan fingerprint density at radius 2 is 1.89 bits per heavy atom. The van der Waals surface area contributed by atoms with Crippen LogP contribution in [-0.4, -0.2) is 24.7 Å². The molecule has 0 aliphatic rings. The predicted octanol–water partition coefficient (Wildman–Crippen LogP) is 2.60. The van der Waals surface area contributed by atoms with Crippen molar-refractivity contribution in [1.29, 1.82) is 0 Å². The smallest absolute Gasteiger partial charge is 0.258 e. The first-order chi connectivity index (χ1) is 12.8. The van der Waals surface area contributed by atoms with Gasteiger partial charge in [0.2, 0.25) is 10.0 Å². The maximum absolute atomic E-state index is 11.2. The Kier molecular flexibility index (Phi) is 6.84. The number of nitrogens with two attached hydrogens (primary N) is 1. The van der Waals surface area contributed by atoms with E-state index in [-0.39, 0.29) is 16.4 Å². The van der Waals surface area contributed by atoms with Crippen molar-refractivity contribution in [3.63, 3.8) is 0 Å². The van der Waals surface area contributed by atoms with Crippen LogP contribution in [0.3, 0.4) is 0 Å². The van der Waals surface area contributed by atoms with E-state index < -0.39 is 10.0 Å². The summed E-state index contributed by atoms with van der Waals surface area (Å²) in [4.78, 5) is 28.4. The average Bonchev–Trinajstić information content (AvgIpc) is 2.64. The summed E-state index contributed by atoms with van der Waals surface area (Å²) in [7, 11) is -3.65. The lowest BCUT2D eigenvalue weighted by Crippen LogP contribution is -2.12. The Labute approximate surface area is 161 Å². The number of H-pyrrole nitrogens is 1. The number of halogens is 1. The van der Waals surface area contributed by atoms with Crippen molar-refractivity contribution in [3.05, 3.63) is 69.7 Å². The van der Waals surface area contributed by atoms with Gasteiger partial charge in [0.15, 0.2) is 0 Å². The highest BCUT2D eigenvalue weighted by Crippen LogP contribution is 2.18. The normalized spacial score (nSPS) is 12.1. The zero-order chi connectivity index (χ0) is 20.0. The van der Waals surface area contributed by atoms with E-state index in [1.54, 1.807) is 30.3 Å². The van der Waals surface area contributed by atoms with Gasteiger partial charge in [-0.2, -0.15) is 0 Å². The SMILES string of the molecule is CCC(C=O)c1ccc(S(N)(=O)=O)cc1.O=c1[nH]cnc2ccc(Cl)cc12. The van der Waals surface area contributed by atoms with Crippen molar-refractivity contribution in [2.75, 3.05) is 0 Å². The molecular formula is C18H18ClN3O4S. The molecule has 0 amide bonds. The Morgan fingerprint density at radius 3 is 2.44 bits per heavy atom. The monoisotopic (exact) mass is 407 g/mol. The quantitative estimate of drug-likeness (QED) is 0.643. The molecule has 27 heavy (non-hydrogen) atoms. The van der Waals surface area contributed by atoms with Crippen LogP contribution in [0.15, 0.2) is 58.5 Å². The molecule has 7 nitrogen and oxygen atoms in total. The molecule has 2 aromatic carbocycles. The second-order valence-corrected chi connectivity index (χ2v) is 7.66. The molecule has 9 heteroatoms. The Hall–Kier alpha value is -2.55. The fourth-order valence-corrected chi connectivity index (χ4v) is 3.04. The van der Waals surface area contributed by atoms with Crippen molar-refractivity contribution in [2.24, 2.45) is 5.14 Å². The number of primary sulfonamides is 1. The Bertz CT molecular complexity index is 1100. The largest absolute Gasteiger partial charge is 0.313 e. The van der Waals surface area contributed by atoms with Gasteiger partial charge in [-0.15, -0.1) is 0 Å². The highest BCUT2D eigenvalue weighted by molar-refractivity contribution is 7.89. The number of carbonyl (C=O) groups excluding carboxylic acids is 1. The zero-order valence-electron chi connectivity index (χ0n) is 14.4. The Morgan fingerprint density at radius 1 is 1.22 bits per heavy atom. The minimum Gasteiger partial charge on any atom is -0.313 e. The van der Waals surface area contributed by atoms with Crippen molar-refractivity contribution >= 4 is 38.8 Å². The highest BCUT2D eigenvalue weighted by atomic mass is 35.5. The van der Waals surface area contributed by atoms with E-state index in [4.69, 9.17) is 16.7 Å². The fraction of sp³-hybridized carbons (Fsp3) is 0.167. The van der Waals surface area contributed by atoms with Crippen molar-refractivity contribution in [1.82, 2.24) is 9.97 Å². The molecule has 3 N–H and O–H groups in total. The Balaban J connectivity index is 0.000000198. The summed E-state index contributed by atoms with van der Waals surface area (Å²) in [5, 5.41) is 6.01. The van der Waals surface area contributed by atoms with Crippen molar-refractivity contribution < 1.29 is 13.2 Å². The molecule has 1 aromatic heterocycles. The molecule has 1 atom stereocenters. The first-order valence-electron chi connectivity index (χ1n) is 7.97. The lowest BCUT2D eigenvalue weighted by atomic mass is 9.98. The molecule has 0 spiro atoms. The van der Waals surface area contributed by atoms with Crippen LogP contribution in [-0.2, 0) is 14.8 Å². The number of carbonyl (C=O) groups is 1. The summed E-state index contributed by atoms with van der Waals surface area (Å²) in [6.07, 6.45) is 2.92. The summed E-state index contributed by atoms with van der Waals surface area (Å²) in [5.74, 6) is -0.181. The van der Waals surface area contributed by atoms with Crippen molar-refractivity contribution in [3.8, 4) is 0 Å². The highest BCUT2D eigenvalue weighted by Gasteiger charge is 2.10. The zero-order valence-corrected chi connectivity index (χ0v) is 16.0. The lowest BCUT2D eigenvalue weighted by molar-refractivity contribution is -0.109. The van der Waals surface area contributed by atoms with Crippen LogP contribution in [0.2, 0.25) is 5.02 Å². The number of aromatic amines is 1. The van der Waals surface area contributed by atoms with Gasteiger partial charge in [0.1, 0.15) is 6.29 Å². The maximum atomic E-state index is 11.2. The van der Waals surface area contributed by atoms with Gasteiger partial charge in [0.05, 0.1) is 22.1 Å². The molecule has 3 aromatic rings. The van der Waals surface area contributed by atoms with Crippen LogP contribution in [0.4, 0.5) is 0 Å². The third-order valence-electron chi connectivity index (χ3n) is 3.84. The number of nitrogens with zero attached hydrogens (tertiary/aromatic N) is 1. The number of aldehydes is 1. The van der Waals surface area contributed by atoms with Crippen molar-refractivity contribution in [2.45, 2.75) is 24.2 Å². The second-order valence-electron chi connectivity index (χ2n) is 5.66. The lowest BCUT2D eigenvalue weighted by Gasteiger charge is -2.07. The summed E-state index contributed by atoms with van der Waals surface area (Å²) < 4.78 is 21.9. The van der Waals surface area contributed by atoms with Gasteiger partial charge in [-0.25, -0.2) is 18.5 Å². The molecule has 0 saturated carbocycles. The van der Waals surface area contributed by atoms with Crippen LogP contribution in [0.1, 0.15) is 24.8 Å². The van der Waals surface area contributed by atoms with Gasteiger partial charge in [-0.1, -0.05) is 30.7 Å². The number of aromatic nitrogens is 2. The maximum Gasteiger partial charge on any atom is 0.258 e. The predicted molar refractivity (Wildman–Crippen MR) is 104 cm³/mol. The molecule has 142 valence electrons. The van der Waals surface area contributed by atoms with Gasteiger partial charge in [-0.05, 0) is 42.3 Å². The number of hydrogen-bond donors (Lipinski definition) is 2. The number of nitrogens with one attached hydrogen (secondary N) is 1. The minimum absolute atomic E-state index is 0.0620. The molecule has 1 unspecified atom stereocenters. The average molecular weight is 408 g/mol. The van der Waals surface area contributed by atoms with Crippen LogP contribution >= 0.6 is 11.6 Å². The van der Waals surface area contributed by atoms with Crippen LogP contribution in [0, 0.1) is 0 Å². The number of benzene rings is 2. The van der Waals surface area contributed by atoms with Crippen LogP contribution in [0.25, 0.3) is 10.9 Å². The van der Waals surface area contributed by atoms with Gasteiger partial charge in [-0.3, -0.25) is 4.79 Å².